The summed E-state index contributed by atoms with van der Waals surface area (Å²) >= 11 is 0. The van der Waals surface area contributed by atoms with Gasteiger partial charge in [-0.1, -0.05) is 0 Å². The monoisotopic (exact) mass is 307 g/mol. The zero-order valence-electron chi connectivity index (χ0n) is 13.1. The molecule has 2 aliphatic rings. The molecule has 0 spiro atoms. The molecule has 0 bridgehead atoms. The van der Waals surface area contributed by atoms with Crippen molar-refractivity contribution < 1.29 is 10.2 Å². The van der Waals surface area contributed by atoms with E-state index in [1.165, 1.54) is 0 Å². The molecule has 7 nitrogen and oxygen atoms in total. The Labute approximate surface area is 131 Å². The SMILES string of the molecule is CC(O)CNc1nc(N2CCCC2)nc(N2CCCC2)c1O. The highest BCUT2D eigenvalue weighted by Gasteiger charge is 2.24. The Kier molecular flexibility index (Phi) is 4.52. The maximum atomic E-state index is 10.5. The van der Waals surface area contributed by atoms with Gasteiger partial charge in [-0.3, -0.25) is 0 Å². The number of aliphatic hydroxyl groups is 1. The van der Waals surface area contributed by atoms with E-state index in [2.05, 4.69) is 25.1 Å². The van der Waals surface area contributed by atoms with E-state index in [4.69, 9.17) is 0 Å². The van der Waals surface area contributed by atoms with Crippen molar-refractivity contribution in [2.75, 3.05) is 47.8 Å². The summed E-state index contributed by atoms with van der Waals surface area (Å²) in [6, 6.07) is 0. The van der Waals surface area contributed by atoms with Crippen molar-refractivity contribution in [2.45, 2.75) is 38.7 Å². The zero-order valence-corrected chi connectivity index (χ0v) is 13.1. The number of nitrogens with one attached hydrogen (secondary N) is 1. The first-order valence-electron chi connectivity index (χ1n) is 8.18. The smallest absolute Gasteiger partial charge is 0.229 e. The van der Waals surface area contributed by atoms with Gasteiger partial charge in [-0.05, 0) is 32.6 Å². The Morgan fingerprint density at radius 3 is 2.23 bits per heavy atom. The van der Waals surface area contributed by atoms with Gasteiger partial charge in [0.05, 0.1) is 6.10 Å². The van der Waals surface area contributed by atoms with Crippen LogP contribution < -0.4 is 15.1 Å². The molecule has 1 atom stereocenters. The topological polar surface area (TPSA) is 84.8 Å². The average Bonchev–Trinajstić information content (AvgIpc) is 3.19. The van der Waals surface area contributed by atoms with Crippen LogP contribution in [-0.2, 0) is 0 Å². The van der Waals surface area contributed by atoms with E-state index in [1.807, 2.05) is 0 Å². The summed E-state index contributed by atoms with van der Waals surface area (Å²) in [4.78, 5) is 13.4. The normalized spacial score (nSPS) is 19.7. The fourth-order valence-corrected chi connectivity index (χ4v) is 3.01. The molecule has 1 unspecified atom stereocenters. The van der Waals surface area contributed by atoms with Gasteiger partial charge in [0.2, 0.25) is 11.7 Å². The van der Waals surface area contributed by atoms with Crippen molar-refractivity contribution in [1.29, 1.82) is 0 Å². The molecular weight excluding hydrogens is 282 g/mol. The molecule has 2 fully saturated rings. The number of rotatable bonds is 5. The summed E-state index contributed by atoms with van der Waals surface area (Å²) < 4.78 is 0. The van der Waals surface area contributed by atoms with Crippen LogP contribution in [-0.4, -0.2) is 59.0 Å². The molecule has 2 saturated heterocycles. The van der Waals surface area contributed by atoms with Gasteiger partial charge >= 0.3 is 0 Å². The van der Waals surface area contributed by atoms with E-state index in [9.17, 15) is 10.2 Å². The van der Waals surface area contributed by atoms with Crippen LogP contribution >= 0.6 is 0 Å². The Morgan fingerprint density at radius 2 is 1.64 bits per heavy atom. The van der Waals surface area contributed by atoms with Crippen molar-refractivity contribution in [2.24, 2.45) is 0 Å². The third-order valence-corrected chi connectivity index (χ3v) is 4.21. The van der Waals surface area contributed by atoms with E-state index in [0.29, 0.717) is 24.1 Å². The van der Waals surface area contributed by atoms with Gasteiger partial charge in [-0.2, -0.15) is 9.97 Å². The van der Waals surface area contributed by atoms with Crippen molar-refractivity contribution in [3.05, 3.63) is 0 Å². The molecule has 3 N–H and O–H groups in total. The quantitative estimate of drug-likeness (QED) is 0.753. The van der Waals surface area contributed by atoms with Crippen LogP contribution in [0.2, 0.25) is 0 Å². The lowest BCUT2D eigenvalue weighted by molar-refractivity contribution is 0.208. The summed E-state index contributed by atoms with van der Waals surface area (Å²) in [7, 11) is 0. The van der Waals surface area contributed by atoms with Crippen molar-refractivity contribution in [3.8, 4) is 5.75 Å². The molecule has 0 aliphatic carbocycles. The number of hydrogen-bond acceptors (Lipinski definition) is 7. The van der Waals surface area contributed by atoms with Gasteiger partial charge in [0.1, 0.15) is 0 Å². The maximum Gasteiger partial charge on any atom is 0.229 e. The van der Waals surface area contributed by atoms with Gasteiger partial charge in [-0.15, -0.1) is 0 Å². The second-order valence-electron chi connectivity index (χ2n) is 6.16. The predicted octanol–water partition coefficient (Wildman–Crippen LogP) is 1.18. The number of nitrogens with zero attached hydrogens (tertiary/aromatic N) is 4. The Hall–Kier alpha value is -1.76. The molecular formula is C15H25N5O2. The summed E-state index contributed by atoms with van der Waals surface area (Å²) in [6.07, 6.45) is 4.05. The largest absolute Gasteiger partial charge is 0.502 e. The summed E-state index contributed by atoms with van der Waals surface area (Å²) in [6.45, 7) is 5.80. The van der Waals surface area contributed by atoms with E-state index < -0.39 is 6.10 Å². The Bertz CT molecular complexity index is 511. The molecule has 122 valence electrons. The number of anilines is 3. The molecule has 1 aromatic rings. The zero-order chi connectivity index (χ0) is 15.5. The summed E-state index contributed by atoms with van der Waals surface area (Å²) in [5.74, 6) is 1.79. The van der Waals surface area contributed by atoms with Crippen LogP contribution in [0.25, 0.3) is 0 Å². The van der Waals surface area contributed by atoms with Crippen LogP contribution in [0.1, 0.15) is 32.6 Å². The van der Waals surface area contributed by atoms with E-state index in [0.717, 1.165) is 51.9 Å². The maximum absolute atomic E-state index is 10.5. The Morgan fingerprint density at radius 1 is 1.05 bits per heavy atom. The number of aromatic hydroxyl groups is 1. The van der Waals surface area contributed by atoms with Crippen LogP contribution in [0.5, 0.6) is 5.75 Å². The van der Waals surface area contributed by atoms with Crippen LogP contribution in [0, 0.1) is 0 Å². The van der Waals surface area contributed by atoms with E-state index >= 15 is 0 Å². The minimum Gasteiger partial charge on any atom is -0.502 e. The highest BCUT2D eigenvalue weighted by atomic mass is 16.3. The van der Waals surface area contributed by atoms with Gasteiger partial charge in [0.25, 0.3) is 0 Å². The lowest BCUT2D eigenvalue weighted by atomic mass is 10.3. The fraction of sp³-hybridized carbons (Fsp3) is 0.733. The average molecular weight is 307 g/mol. The van der Waals surface area contributed by atoms with E-state index in [1.54, 1.807) is 6.92 Å². The van der Waals surface area contributed by atoms with E-state index in [-0.39, 0.29) is 5.75 Å². The third-order valence-electron chi connectivity index (χ3n) is 4.21. The minimum atomic E-state index is -0.500. The predicted molar refractivity (Wildman–Crippen MR) is 86.8 cm³/mol. The molecule has 2 aliphatic heterocycles. The molecule has 0 amide bonds. The van der Waals surface area contributed by atoms with Crippen molar-refractivity contribution >= 4 is 17.6 Å². The van der Waals surface area contributed by atoms with Gasteiger partial charge in [-0.25, -0.2) is 0 Å². The Balaban J connectivity index is 1.92. The molecule has 0 aromatic carbocycles. The standard InChI is InChI=1S/C15H25N5O2/c1-11(21)10-16-13-12(22)14(19-6-2-3-7-19)18-15(17-13)20-8-4-5-9-20/h11,21-22H,2-10H2,1H3,(H,16,17,18). The number of aromatic nitrogens is 2. The highest BCUT2D eigenvalue weighted by Crippen LogP contribution is 2.35. The molecule has 22 heavy (non-hydrogen) atoms. The van der Waals surface area contributed by atoms with Gasteiger partial charge in [0, 0.05) is 32.7 Å². The second-order valence-corrected chi connectivity index (χ2v) is 6.16. The van der Waals surface area contributed by atoms with Gasteiger partial charge in [0.15, 0.2) is 11.6 Å². The minimum absolute atomic E-state index is 0.0884. The summed E-state index contributed by atoms with van der Waals surface area (Å²) in [5, 5.41) is 23.0. The molecule has 0 saturated carbocycles. The number of hydrogen-bond donors (Lipinski definition) is 3. The number of aliphatic hydroxyl groups excluding tert-OH is 1. The lowest BCUT2D eigenvalue weighted by Crippen LogP contribution is -2.25. The third kappa shape index (κ3) is 3.19. The molecule has 7 heteroatoms. The molecule has 3 heterocycles. The summed E-state index contributed by atoms with van der Waals surface area (Å²) in [5.41, 5.74) is 0. The first-order chi connectivity index (χ1) is 10.6. The second kappa shape index (κ2) is 6.56. The lowest BCUT2D eigenvalue weighted by Gasteiger charge is -2.23. The first-order valence-corrected chi connectivity index (χ1v) is 8.18. The molecule has 0 radical (unpaired) electrons. The highest BCUT2D eigenvalue weighted by molar-refractivity contribution is 5.67. The van der Waals surface area contributed by atoms with Crippen LogP contribution in [0.15, 0.2) is 0 Å². The van der Waals surface area contributed by atoms with Gasteiger partial charge < -0.3 is 25.3 Å². The van der Waals surface area contributed by atoms with Crippen LogP contribution in [0.4, 0.5) is 17.6 Å². The van der Waals surface area contributed by atoms with Crippen LogP contribution in [0.3, 0.4) is 0 Å². The van der Waals surface area contributed by atoms with Crippen molar-refractivity contribution in [3.63, 3.8) is 0 Å². The van der Waals surface area contributed by atoms with Crippen molar-refractivity contribution in [1.82, 2.24) is 9.97 Å². The molecule has 1 aromatic heterocycles. The fourth-order valence-electron chi connectivity index (χ4n) is 3.01. The molecule has 3 rings (SSSR count). The first kappa shape index (κ1) is 15.1.